The van der Waals surface area contributed by atoms with Gasteiger partial charge in [0.25, 0.3) is 0 Å². The predicted octanol–water partition coefficient (Wildman–Crippen LogP) is 1.57. The Morgan fingerprint density at radius 2 is 2.13 bits per heavy atom. The standard InChI is InChI=1S/C13H20N2/c1-13(8-10-14-11-13)15-9-7-12-5-3-2-4-6-12/h2-6,14-15H,7-11H2,1H3. The molecule has 2 heteroatoms. The summed E-state index contributed by atoms with van der Waals surface area (Å²) >= 11 is 0. The number of benzene rings is 1. The molecule has 82 valence electrons. The van der Waals surface area contributed by atoms with E-state index in [2.05, 4.69) is 47.9 Å². The van der Waals surface area contributed by atoms with Crippen LogP contribution in [0.2, 0.25) is 0 Å². The summed E-state index contributed by atoms with van der Waals surface area (Å²) in [5, 5.41) is 7.04. The summed E-state index contributed by atoms with van der Waals surface area (Å²) < 4.78 is 0. The lowest BCUT2D eigenvalue weighted by atomic mass is 10.0. The van der Waals surface area contributed by atoms with Crippen molar-refractivity contribution < 1.29 is 0 Å². The highest BCUT2D eigenvalue weighted by Crippen LogP contribution is 2.12. The van der Waals surface area contributed by atoms with Gasteiger partial charge in [-0.1, -0.05) is 30.3 Å². The Morgan fingerprint density at radius 1 is 1.33 bits per heavy atom. The van der Waals surface area contributed by atoms with E-state index in [4.69, 9.17) is 0 Å². The zero-order valence-electron chi connectivity index (χ0n) is 9.42. The van der Waals surface area contributed by atoms with E-state index in [-0.39, 0.29) is 0 Å². The Balaban J connectivity index is 1.75. The Kier molecular flexibility index (Phi) is 3.39. The zero-order chi connectivity index (χ0) is 10.6. The van der Waals surface area contributed by atoms with Gasteiger partial charge in [-0.05, 0) is 38.4 Å². The Morgan fingerprint density at radius 3 is 2.80 bits per heavy atom. The fraction of sp³-hybridized carbons (Fsp3) is 0.538. The van der Waals surface area contributed by atoms with Gasteiger partial charge in [0.05, 0.1) is 0 Å². The smallest absolute Gasteiger partial charge is 0.0290 e. The third-order valence-electron chi connectivity index (χ3n) is 3.18. The van der Waals surface area contributed by atoms with Crippen LogP contribution in [0.5, 0.6) is 0 Å². The quantitative estimate of drug-likeness (QED) is 0.778. The van der Waals surface area contributed by atoms with Gasteiger partial charge in [-0.2, -0.15) is 0 Å². The molecular formula is C13H20N2. The van der Waals surface area contributed by atoms with Crippen molar-refractivity contribution in [1.29, 1.82) is 0 Å². The Labute approximate surface area is 92.1 Å². The topological polar surface area (TPSA) is 24.1 Å². The van der Waals surface area contributed by atoms with E-state index < -0.39 is 0 Å². The second-order valence-corrected chi connectivity index (χ2v) is 4.65. The molecule has 0 aromatic heterocycles. The molecule has 1 atom stereocenters. The van der Waals surface area contributed by atoms with Gasteiger partial charge >= 0.3 is 0 Å². The largest absolute Gasteiger partial charge is 0.315 e. The number of nitrogens with one attached hydrogen (secondary N) is 2. The van der Waals surface area contributed by atoms with Crippen LogP contribution in [0, 0.1) is 0 Å². The van der Waals surface area contributed by atoms with Crippen LogP contribution in [0.15, 0.2) is 30.3 Å². The highest BCUT2D eigenvalue weighted by atomic mass is 15.1. The minimum Gasteiger partial charge on any atom is -0.315 e. The normalized spacial score (nSPS) is 25.7. The summed E-state index contributed by atoms with van der Waals surface area (Å²) in [6.45, 7) is 5.62. The molecular weight excluding hydrogens is 184 g/mol. The zero-order valence-corrected chi connectivity index (χ0v) is 9.42. The fourth-order valence-electron chi connectivity index (χ4n) is 2.12. The highest BCUT2D eigenvalue weighted by Gasteiger charge is 2.26. The van der Waals surface area contributed by atoms with Crippen LogP contribution in [0.3, 0.4) is 0 Å². The molecule has 0 radical (unpaired) electrons. The molecule has 1 saturated heterocycles. The van der Waals surface area contributed by atoms with Gasteiger partial charge in [0.2, 0.25) is 0 Å². The molecule has 0 spiro atoms. The molecule has 0 aliphatic carbocycles. The average Bonchev–Trinajstić information content (AvgIpc) is 2.67. The van der Waals surface area contributed by atoms with Crippen molar-refractivity contribution in [3.05, 3.63) is 35.9 Å². The summed E-state index contributed by atoms with van der Waals surface area (Å²) in [6.07, 6.45) is 2.36. The first-order valence-electron chi connectivity index (χ1n) is 5.78. The molecule has 2 N–H and O–H groups in total. The van der Waals surface area contributed by atoms with E-state index in [0.29, 0.717) is 5.54 Å². The minimum absolute atomic E-state index is 0.314. The predicted molar refractivity (Wildman–Crippen MR) is 64.0 cm³/mol. The monoisotopic (exact) mass is 204 g/mol. The van der Waals surface area contributed by atoms with Gasteiger partial charge in [-0.3, -0.25) is 0 Å². The number of hydrogen-bond acceptors (Lipinski definition) is 2. The molecule has 2 rings (SSSR count). The molecule has 1 aliphatic rings. The van der Waals surface area contributed by atoms with Crippen molar-refractivity contribution in [3.8, 4) is 0 Å². The summed E-state index contributed by atoms with van der Waals surface area (Å²) in [6, 6.07) is 10.7. The maximum Gasteiger partial charge on any atom is 0.0290 e. The van der Waals surface area contributed by atoms with E-state index in [9.17, 15) is 0 Å². The van der Waals surface area contributed by atoms with E-state index >= 15 is 0 Å². The molecule has 1 fully saturated rings. The highest BCUT2D eigenvalue weighted by molar-refractivity contribution is 5.15. The van der Waals surface area contributed by atoms with Crippen LogP contribution in [-0.4, -0.2) is 25.2 Å². The van der Waals surface area contributed by atoms with Gasteiger partial charge in [0, 0.05) is 12.1 Å². The van der Waals surface area contributed by atoms with Crippen LogP contribution < -0.4 is 10.6 Å². The van der Waals surface area contributed by atoms with Crippen molar-refractivity contribution in [3.63, 3.8) is 0 Å². The molecule has 0 amide bonds. The molecule has 1 aromatic rings. The van der Waals surface area contributed by atoms with Crippen LogP contribution in [0.4, 0.5) is 0 Å². The Bertz CT molecular complexity index is 289. The van der Waals surface area contributed by atoms with E-state index in [1.165, 1.54) is 12.0 Å². The summed E-state index contributed by atoms with van der Waals surface area (Å²) in [7, 11) is 0. The van der Waals surface area contributed by atoms with Crippen LogP contribution in [0.1, 0.15) is 18.9 Å². The van der Waals surface area contributed by atoms with Crippen LogP contribution in [-0.2, 0) is 6.42 Å². The van der Waals surface area contributed by atoms with Crippen molar-refractivity contribution >= 4 is 0 Å². The second kappa shape index (κ2) is 4.77. The first-order chi connectivity index (χ1) is 7.29. The van der Waals surface area contributed by atoms with Crippen molar-refractivity contribution in [2.24, 2.45) is 0 Å². The summed E-state index contributed by atoms with van der Waals surface area (Å²) in [5.41, 5.74) is 1.73. The lowest BCUT2D eigenvalue weighted by Crippen LogP contribution is -2.44. The lowest BCUT2D eigenvalue weighted by Gasteiger charge is -2.24. The number of rotatable bonds is 4. The first kappa shape index (κ1) is 10.7. The molecule has 0 bridgehead atoms. The average molecular weight is 204 g/mol. The van der Waals surface area contributed by atoms with Crippen LogP contribution >= 0.6 is 0 Å². The maximum atomic E-state index is 3.64. The third-order valence-corrected chi connectivity index (χ3v) is 3.18. The molecule has 15 heavy (non-hydrogen) atoms. The van der Waals surface area contributed by atoms with E-state index in [1.807, 2.05) is 0 Å². The number of hydrogen-bond donors (Lipinski definition) is 2. The third kappa shape index (κ3) is 3.05. The van der Waals surface area contributed by atoms with Crippen molar-refractivity contribution in [1.82, 2.24) is 10.6 Å². The first-order valence-corrected chi connectivity index (χ1v) is 5.78. The van der Waals surface area contributed by atoms with Crippen LogP contribution in [0.25, 0.3) is 0 Å². The van der Waals surface area contributed by atoms with Gasteiger partial charge in [0.1, 0.15) is 0 Å². The fourth-order valence-corrected chi connectivity index (χ4v) is 2.12. The summed E-state index contributed by atoms with van der Waals surface area (Å²) in [4.78, 5) is 0. The lowest BCUT2D eigenvalue weighted by molar-refractivity contribution is 0.391. The maximum absolute atomic E-state index is 3.64. The Hall–Kier alpha value is -0.860. The van der Waals surface area contributed by atoms with E-state index in [0.717, 1.165) is 26.1 Å². The molecule has 2 nitrogen and oxygen atoms in total. The summed E-state index contributed by atoms with van der Waals surface area (Å²) in [5.74, 6) is 0. The molecule has 1 aliphatic heterocycles. The molecule has 0 saturated carbocycles. The van der Waals surface area contributed by atoms with Gasteiger partial charge in [0.15, 0.2) is 0 Å². The molecule has 1 unspecified atom stereocenters. The van der Waals surface area contributed by atoms with Crippen molar-refractivity contribution in [2.75, 3.05) is 19.6 Å². The molecule has 1 heterocycles. The van der Waals surface area contributed by atoms with Gasteiger partial charge in [-0.25, -0.2) is 0 Å². The molecule has 1 aromatic carbocycles. The minimum atomic E-state index is 0.314. The van der Waals surface area contributed by atoms with Gasteiger partial charge in [-0.15, -0.1) is 0 Å². The van der Waals surface area contributed by atoms with Crippen molar-refractivity contribution in [2.45, 2.75) is 25.3 Å². The second-order valence-electron chi connectivity index (χ2n) is 4.65. The van der Waals surface area contributed by atoms with E-state index in [1.54, 1.807) is 0 Å². The van der Waals surface area contributed by atoms with Gasteiger partial charge < -0.3 is 10.6 Å². The SMILES string of the molecule is CC1(NCCc2ccccc2)CCNC1.